The summed E-state index contributed by atoms with van der Waals surface area (Å²) in [7, 11) is 1.58. The van der Waals surface area contributed by atoms with Crippen molar-refractivity contribution in [1.82, 2.24) is 4.90 Å². The number of hydrogen-bond acceptors (Lipinski definition) is 3. The molecule has 0 spiro atoms. The van der Waals surface area contributed by atoms with E-state index < -0.39 is 0 Å². The largest absolute Gasteiger partial charge is 0.497 e. The van der Waals surface area contributed by atoms with Crippen molar-refractivity contribution in [3.8, 4) is 5.75 Å². The lowest BCUT2D eigenvalue weighted by Gasteiger charge is -2.41. The van der Waals surface area contributed by atoms with Gasteiger partial charge in [-0.2, -0.15) is 0 Å². The lowest BCUT2D eigenvalue weighted by Crippen LogP contribution is -2.44. The third kappa shape index (κ3) is 4.46. The lowest BCUT2D eigenvalue weighted by molar-refractivity contribution is 0.0521. The molecular formula is C24H27ClN2O3. The molecule has 1 heterocycles. The number of anilines is 1. The molecule has 30 heavy (non-hydrogen) atoms. The van der Waals surface area contributed by atoms with Crippen LogP contribution < -0.4 is 10.1 Å². The number of carbonyl (C=O) groups is 2. The number of hydrogen-bond donors (Lipinski definition) is 1. The van der Waals surface area contributed by atoms with E-state index >= 15 is 0 Å². The number of ether oxygens (including phenoxy) is 1. The highest BCUT2D eigenvalue weighted by molar-refractivity contribution is 6.34. The quantitative estimate of drug-likeness (QED) is 0.726. The van der Waals surface area contributed by atoms with Crippen LogP contribution >= 0.6 is 11.6 Å². The minimum absolute atomic E-state index is 0.0166. The molecule has 1 saturated carbocycles. The Morgan fingerprint density at radius 3 is 2.47 bits per heavy atom. The summed E-state index contributed by atoms with van der Waals surface area (Å²) in [4.78, 5) is 27.5. The van der Waals surface area contributed by atoms with Gasteiger partial charge in [-0.3, -0.25) is 9.59 Å². The highest BCUT2D eigenvalue weighted by Gasteiger charge is 2.33. The zero-order valence-electron chi connectivity index (χ0n) is 17.2. The Hall–Kier alpha value is -2.53. The van der Waals surface area contributed by atoms with Gasteiger partial charge in [0.15, 0.2) is 0 Å². The second kappa shape index (κ2) is 9.09. The van der Waals surface area contributed by atoms with Crippen molar-refractivity contribution in [2.45, 2.75) is 32.1 Å². The number of methoxy groups -OCH3 is 1. The molecule has 2 aliphatic rings. The van der Waals surface area contributed by atoms with Crippen molar-refractivity contribution in [2.24, 2.45) is 11.8 Å². The predicted octanol–water partition coefficient (Wildman–Crippen LogP) is 5.25. The number of nitrogens with one attached hydrogen (secondary N) is 1. The number of halogens is 1. The van der Waals surface area contributed by atoms with Gasteiger partial charge in [0.2, 0.25) is 0 Å². The Kier molecular flexibility index (Phi) is 6.28. The second-order valence-corrected chi connectivity index (χ2v) is 8.63. The summed E-state index contributed by atoms with van der Waals surface area (Å²) in [5.74, 6) is 1.83. The number of likely N-dealkylation sites (tertiary alicyclic amines) is 1. The van der Waals surface area contributed by atoms with Crippen LogP contribution in [0.2, 0.25) is 5.02 Å². The summed E-state index contributed by atoms with van der Waals surface area (Å²) >= 11 is 6.43. The molecule has 5 nitrogen and oxygen atoms in total. The summed E-state index contributed by atoms with van der Waals surface area (Å²) in [6.07, 6.45) is 6.20. The number of benzene rings is 2. The van der Waals surface area contributed by atoms with E-state index in [0.717, 1.165) is 25.4 Å². The molecule has 2 atom stereocenters. The molecule has 0 aromatic heterocycles. The number of piperidine rings is 1. The van der Waals surface area contributed by atoms with E-state index in [-0.39, 0.29) is 11.8 Å². The Morgan fingerprint density at radius 2 is 1.77 bits per heavy atom. The van der Waals surface area contributed by atoms with E-state index in [4.69, 9.17) is 16.3 Å². The van der Waals surface area contributed by atoms with Gasteiger partial charge in [0, 0.05) is 24.3 Å². The molecule has 1 aliphatic carbocycles. The highest BCUT2D eigenvalue weighted by Crippen LogP contribution is 2.37. The number of nitrogens with zero attached hydrogens (tertiary/aromatic N) is 1. The van der Waals surface area contributed by atoms with Gasteiger partial charge in [0.25, 0.3) is 11.8 Å². The van der Waals surface area contributed by atoms with Crippen LogP contribution in [0.1, 0.15) is 52.8 Å². The molecule has 158 valence electrons. The minimum Gasteiger partial charge on any atom is -0.497 e. The van der Waals surface area contributed by atoms with E-state index in [1.165, 1.54) is 25.7 Å². The van der Waals surface area contributed by atoms with Crippen LogP contribution in [-0.2, 0) is 0 Å². The maximum Gasteiger partial charge on any atom is 0.255 e. The Balaban J connectivity index is 1.42. The van der Waals surface area contributed by atoms with Gasteiger partial charge in [-0.15, -0.1) is 0 Å². The highest BCUT2D eigenvalue weighted by atomic mass is 35.5. The van der Waals surface area contributed by atoms with Crippen molar-refractivity contribution in [1.29, 1.82) is 0 Å². The number of amides is 2. The lowest BCUT2D eigenvalue weighted by atomic mass is 9.75. The summed E-state index contributed by atoms with van der Waals surface area (Å²) < 4.78 is 5.11. The molecule has 1 aliphatic heterocycles. The molecule has 0 bridgehead atoms. The Bertz CT molecular complexity index is 929. The molecule has 2 aromatic rings. The topological polar surface area (TPSA) is 58.6 Å². The number of fused-ring (bicyclic) bond motifs is 1. The Morgan fingerprint density at radius 1 is 1.03 bits per heavy atom. The molecule has 1 saturated heterocycles. The molecule has 0 radical (unpaired) electrons. The molecule has 4 rings (SSSR count). The second-order valence-electron chi connectivity index (χ2n) is 8.22. The van der Waals surface area contributed by atoms with E-state index in [1.807, 2.05) is 4.90 Å². The fraction of sp³-hybridized carbons (Fsp3) is 0.417. The van der Waals surface area contributed by atoms with E-state index in [9.17, 15) is 9.59 Å². The first-order valence-electron chi connectivity index (χ1n) is 10.6. The average molecular weight is 427 g/mol. The van der Waals surface area contributed by atoms with Gasteiger partial charge >= 0.3 is 0 Å². The van der Waals surface area contributed by atoms with Gasteiger partial charge < -0.3 is 15.0 Å². The van der Waals surface area contributed by atoms with Crippen LogP contribution in [0, 0.1) is 11.8 Å². The normalized spacial score (nSPS) is 20.9. The minimum atomic E-state index is -0.243. The molecular weight excluding hydrogens is 400 g/mol. The SMILES string of the molecule is COc1ccc(C(=O)Nc2ccc(C(=O)N3CC[C@H]4CCCC[C@H]4C3)c(Cl)c2)cc1. The van der Waals surface area contributed by atoms with Crippen molar-refractivity contribution >= 4 is 29.1 Å². The number of carbonyl (C=O) groups excluding carboxylic acids is 2. The molecule has 6 heteroatoms. The zero-order chi connectivity index (χ0) is 21.1. The van der Waals surface area contributed by atoms with Gasteiger partial charge in [-0.1, -0.05) is 30.9 Å². The van der Waals surface area contributed by atoms with Gasteiger partial charge in [0.05, 0.1) is 17.7 Å². The summed E-state index contributed by atoms with van der Waals surface area (Å²) in [5, 5.41) is 3.19. The molecule has 2 amide bonds. The zero-order valence-corrected chi connectivity index (χ0v) is 18.0. The first-order chi connectivity index (χ1) is 14.5. The fourth-order valence-corrected chi connectivity index (χ4v) is 4.93. The van der Waals surface area contributed by atoms with Crippen molar-refractivity contribution in [2.75, 3.05) is 25.5 Å². The Labute approximate surface area is 182 Å². The van der Waals surface area contributed by atoms with Crippen molar-refractivity contribution in [3.05, 3.63) is 58.6 Å². The first kappa shape index (κ1) is 20.7. The smallest absolute Gasteiger partial charge is 0.255 e. The van der Waals surface area contributed by atoms with Gasteiger partial charge in [0.1, 0.15) is 5.75 Å². The number of rotatable bonds is 4. The third-order valence-electron chi connectivity index (χ3n) is 6.39. The maximum absolute atomic E-state index is 13.1. The van der Waals surface area contributed by atoms with E-state index in [2.05, 4.69) is 5.32 Å². The maximum atomic E-state index is 13.1. The monoisotopic (exact) mass is 426 g/mol. The predicted molar refractivity (Wildman–Crippen MR) is 118 cm³/mol. The van der Waals surface area contributed by atoms with E-state index in [1.54, 1.807) is 49.6 Å². The summed E-state index contributed by atoms with van der Waals surface area (Å²) in [5.41, 5.74) is 1.57. The molecule has 1 N–H and O–H groups in total. The average Bonchev–Trinajstić information content (AvgIpc) is 2.78. The summed E-state index contributed by atoms with van der Waals surface area (Å²) in [6, 6.07) is 11.9. The molecule has 2 fully saturated rings. The van der Waals surface area contributed by atoms with Crippen LogP contribution in [0.4, 0.5) is 5.69 Å². The van der Waals surface area contributed by atoms with Crippen LogP contribution in [0.5, 0.6) is 5.75 Å². The molecule has 2 aromatic carbocycles. The van der Waals surface area contributed by atoms with Crippen LogP contribution in [0.3, 0.4) is 0 Å². The van der Waals surface area contributed by atoms with Crippen LogP contribution in [0.25, 0.3) is 0 Å². The van der Waals surface area contributed by atoms with Crippen molar-refractivity contribution in [3.63, 3.8) is 0 Å². The van der Waals surface area contributed by atoms with Gasteiger partial charge in [-0.25, -0.2) is 0 Å². The van der Waals surface area contributed by atoms with Crippen LogP contribution in [-0.4, -0.2) is 36.9 Å². The summed E-state index contributed by atoms with van der Waals surface area (Å²) in [6.45, 7) is 1.63. The molecule has 0 unspecified atom stereocenters. The van der Waals surface area contributed by atoms with E-state index in [0.29, 0.717) is 33.5 Å². The van der Waals surface area contributed by atoms with Crippen molar-refractivity contribution < 1.29 is 14.3 Å². The standard InChI is InChI=1S/C24H27ClN2O3/c1-30-20-9-6-17(7-10-20)23(28)26-19-8-11-21(22(25)14-19)24(29)27-13-12-16-4-2-3-5-18(16)15-27/h6-11,14,16,18H,2-5,12-13,15H2,1H3,(H,26,28)/t16-,18+/m1/s1. The fourth-order valence-electron chi connectivity index (χ4n) is 4.67. The third-order valence-corrected chi connectivity index (χ3v) is 6.70. The van der Waals surface area contributed by atoms with Crippen LogP contribution in [0.15, 0.2) is 42.5 Å². The van der Waals surface area contributed by atoms with Gasteiger partial charge in [-0.05, 0) is 67.1 Å². The first-order valence-corrected chi connectivity index (χ1v) is 11.0.